The summed E-state index contributed by atoms with van der Waals surface area (Å²) in [5.41, 5.74) is 1.77. The SMILES string of the molecule is Cc1cc(F)cc(CN(CC2CCNCC2)C(=O)NC2CCCCC2)c1. The molecule has 26 heavy (non-hydrogen) atoms. The third-order valence-corrected chi connectivity index (χ3v) is 5.63. The third-order valence-electron chi connectivity index (χ3n) is 5.63. The van der Waals surface area contributed by atoms with E-state index in [2.05, 4.69) is 10.6 Å². The highest BCUT2D eigenvalue weighted by molar-refractivity contribution is 5.74. The van der Waals surface area contributed by atoms with Crippen LogP contribution in [0.2, 0.25) is 0 Å². The minimum Gasteiger partial charge on any atom is -0.335 e. The van der Waals surface area contributed by atoms with Crippen LogP contribution in [0.5, 0.6) is 0 Å². The molecule has 1 aromatic carbocycles. The molecule has 1 aromatic rings. The van der Waals surface area contributed by atoms with Gasteiger partial charge in [-0.05, 0) is 74.9 Å². The molecule has 1 aliphatic heterocycles. The lowest BCUT2D eigenvalue weighted by Gasteiger charge is -2.32. The monoisotopic (exact) mass is 361 g/mol. The molecule has 0 bridgehead atoms. The molecule has 1 heterocycles. The van der Waals surface area contributed by atoms with E-state index in [0.29, 0.717) is 18.5 Å². The van der Waals surface area contributed by atoms with Gasteiger partial charge in [-0.25, -0.2) is 9.18 Å². The number of urea groups is 1. The number of amides is 2. The highest BCUT2D eigenvalue weighted by atomic mass is 19.1. The van der Waals surface area contributed by atoms with E-state index in [1.807, 2.05) is 17.9 Å². The number of carbonyl (C=O) groups excluding carboxylic acids is 1. The average Bonchev–Trinajstić information content (AvgIpc) is 2.62. The highest BCUT2D eigenvalue weighted by Gasteiger charge is 2.24. The van der Waals surface area contributed by atoms with Crippen molar-refractivity contribution in [3.8, 4) is 0 Å². The number of rotatable bonds is 5. The van der Waals surface area contributed by atoms with Crippen molar-refractivity contribution < 1.29 is 9.18 Å². The summed E-state index contributed by atoms with van der Waals surface area (Å²) in [5, 5.41) is 6.61. The van der Waals surface area contributed by atoms with Gasteiger partial charge >= 0.3 is 6.03 Å². The molecular formula is C21H32FN3O. The first-order valence-corrected chi connectivity index (χ1v) is 10.1. The second kappa shape index (κ2) is 9.36. The molecule has 2 amide bonds. The van der Waals surface area contributed by atoms with Crippen LogP contribution in [0.3, 0.4) is 0 Å². The standard InChI is InChI=1S/C21H32FN3O/c1-16-11-18(13-19(22)12-16)15-25(14-17-7-9-23-10-8-17)21(26)24-20-5-3-2-4-6-20/h11-13,17,20,23H,2-10,14-15H2,1H3,(H,24,26). The lowest BCUT2D eigenvalue weighted by molar-refractivity contribution is 0.170. The average molecular weight is 362 g/mol. The molecule has 4 nitrogen and oxygen atoms in total. The van der Waals surface area contributed by atoms with Crippen molar-refractivity contribution >= 4 is 6.03 Å². The van der Waals surface area contributed by atoms with Crippen LogP contribution in [0.1, 0.15) is 56.1 Å². The number of nitrogens with one attached hydrogen (secondary N) is 2. The molecule has 2 fully saturated rings. The fraction of sp³-hybridized carbons (Fsp3) is 0.667. The molecule has 2 N–H and O–H groups in total. The molecule has 0 radical (unpaired) electrons. The van der Waals surface area contributed by atoms with E-state index in [1.165, 1.54) is 25.3 Å². The number of benzene rings is 1. The zero-order chi connectivity index (χ0) is 18.4. The van der Waals surface area contributed by atoms with Crippen LogP contribution >= 0.6 is 0 Å². The number of halogens is 1. The van der Waals surface area contributed by atoms with E-state index in [4.69, 9.17) is 0 Å². The van der Waals surface area contributed by atoms with Crippen molar-refractivity contribution in [2.24, 2.45) is 5.92 Å². The lowest BCUT2D eigenvalue weighted by Crippen LogP contribution is -2.47. The summed E-state index contributed by atoms with van der Waals surface area (Å²) in [6.45, 7) is 5.15. The van der Waals surface area contributed by atoms with Crippen molar-refractivity contribution in [1.82, 2.24) is 15.5 Å². The van der Waals surface area contributed by atoms with E-state index < -0.39 is 0 Å². The Hall–Kier alpha value is -1.62. The van der Waals surface area contributed by atoms with E-state index in [9.17, 15) is 9.18 Å². The molecule has 2 aliphatic rings. The van der Waals surface area contributed by atoms with Crippen molar-refractivity contribution in [2.45, 2.75) is 64.5 Å². The highest BCUT2D eigenvalue weighted by Crippen LogP contribution is 2.20. The first kappa shape index (κ1) is 19.2. The summed E-state index contributed by atoms with van der Waals surface area (Å²) in [7, 11) is 0. The van der Waals surface area contributed by atoms with E-state index in [-0.39, 0.29) is 11.8 Å². The Morgan fingerprint density at radius 1 is 1.15 bits per heavy atom. The predicted molar refractivity (Wildman–Crippen MR) is 103 cm³/mol. The summed E-state index contributed by atoms with van der Waals surface area (Å²) in [5.74, 6) is 0.289. The van der Waals surface area contributed by atoms with Crippen LogP contribution in [-0.4, -0.2) is 36.6 Å². The molecule has 0 unspecified atom stereocenters. The molecule has 5 heteroatoms. The molecule has 144 valence electrons. The third kappa shape index (κ3) is 5.70. The Kier molecular flexibility index (Phi) is 6.89. The van der Waals surface area contributed by atoms with Gasteiger partial charge in [0.05, 0.1) is 0 Å². The first-order valence-electron chi connectivity index (χ1n) is 10.1. The maximum atomic E-state index is 13.8. The van der Waals surface area contributed by atoms with Gasteiger partial charge in [0.1, 0.15) is 5.82 Å². The fourth-order valence-electron chi connectivity index (χ4n) is 4.23. The Labute approximate surface area is 156 Å². The van der Waals surface area contributed by atoms with Crippen molar-refractivity contribution in [3.05, 3.63) is 35.1 Å². The zero-order valence-corrected chi connectivity index (χ0v) is 15.9. The number of carbonyl (C=O) groups is 1. The van der Waals surface area contributed by atoms with Gasteiger partial charge in [-0.3, -0.25) is 0 Å². The Bertz CT molecular complexity index is 575. The molecule has 3 rings (SSSR count). The lowest BCUT2D eigenvalue weighted by atomic mass is 9.95. The minimum absolute atomic E-state index is 0.0114. The largest absolute Gasteiger partial charge is 0.335 e. The number of aryl methyl sites for hydroxylation is 1. The molecule has 1 saturated heterocycles. The van der Waals surface area contributed by atoms with Gasteiger partial charge in [-0.2, -0.15) is 0 Å². The quantitative estimate of drug-likeness (QED) is 0.833. The minimum atomic E-state index is -0.227. The summed E-state index contributed by atoms with van der Waals surface area (Å²) in [6.07, 6.45) is 8.00. The maximum absolute atomic E-state index is 13.8. The maximum Gasteiger partial charge on any atom is 0.317 e. The van der Waals surface area contributed by atoms with E-state index in [0.717, 1.165) is 56.4 Å². The normalized spacial score (nSPS) is 19.3. The van der Waals surface area contributed by atoms with Crippen molar-refractivity contribution in [3.63, 3.8) is 0 Å². The zero-order valence-electron chi connectivity index (χ0n) is 15.9. The van der Waals surface area contributed by atoms with E-state index in [1.54, 1.807) is 6.07 Å². The molecule has 1 aliphatic carbocycles. The second-order valence-electron chi connectivity index (χ2n) is 8.00. The Morgan fingerprint density at radius 2 is 1.88 bits per heavy atom. The molecule has 0 aromatic heterocycles. The van der Waals surface area contributed by atoms with Gasteiger partial charge < -0.3 is 15.5 Å². The van der Waals surface area contributed by atoms with Gasteiger partial charge in [0, 0.05) is 19.1 Å². The molecule has 1 saturated carbocycles. The molecular weight excluding hydrogens is 329 g/mol. The fourth-order valence-corrected chi connectivity index (χ4v) is 4.23. The van der Waals surface area contributed by atoms with Gasteiger partial charge in [-0.15, -0.1) is 0 Å². The van der Waals surface area contributed by atoms with Gasteiger partial charge in [0.2, 0.25) is 0 Å². The van der Waals surface area contributed by atoms with Gasteiger partial charge in [-0.1, -0.05) is 25.3 Å². The van der Waals surface area contributed by atoms with Crippen LogP contribution in [-0.2, 0) is 6.54 Å². The van der Waals surface area contributed by atoms with Gasteiger partial charge in [0.25, 0.3) is 0 Å². The first-order chi connectivity index (χ1) is 12.6. The van der Waals surface area contributed by atoms with E-state index >= 15 is 0 Å². The summed E-state index contributed by atoms with van der Waals surface area (Å²) >= 11 is 0. The van der Waals surface area contributed by atoms with Crippen LogP contribution in [0.25, 0.3) is 0 Å². The van der Waals surface area contributed by atoms with Crippen molar-refractivity contribution in [2.75, 3.05) is 19.6 Å². The molecule has 0 spiro atoms. The van der Waals surface area contributed by atoms with Crippen molar-refractivity contribution in [1.29, 1.82) is 0 Å². The Balaban J connectivity index is 1.68. The van der Waals surface area contributed by atoms with Crippen LogP contribution in [0.15, 0.2) is 18.2 Å². The number of piperidine rings is 1. The summed E-state index contributed by atoms with van der Waals surface area (Å²) in [4.78, 5) is 14.9. The van der Waals surface area contributed by atoms with Crippen LogP contribution in [0.4, 0.5) is 9.18 Å². The van der Waals surface area contributed by atoms with Crippen LogP contribution in [0, 0.1) is 18.7 Å². The van der Waals surface area contributed by atoms with Gasteiger partial charge in [0.15, 0.2) is 0 Å². The Morgan fingerprint density at radius 3 is 2.58 bits per heavy atom. The van der Waals surface area contributed by atoms with Crippen LogP contribution < -0.4 is 10.6 Å². The number of hydrogen-bond donors (Lipinski definition) is 2. The predicted octanol–water partition coefficient (Wildman–Crippen LogP) is 3.98. The number of nitrogens with zero attached hydrogens (tertiary/aromatic N) is 1. The molecule has 0 atom stereocenters. The smallest absolute Gasteiger partial charge is 0.317 e. The second-order valence-corrected chi connectivity index (χ2v) is 8.00. The topological polar surface area (TPSA) is 44.4 Å². The summed E-state index contributed by atoms with van der Waals surface area (Å²) in [6, 6.07) is 5.37. The number of hydrogen-bond acceptors (Lipinski definition) is 2. The summed E-state index contributed by atoms with van der Waals surface area (Å²) < 4.78 is 13.8.